The van der Waals surface area contributed by atoms with E-state index in [2.05, 4.69) is 49.3 Å². The first kappa shape index (κ1) is 16.5. The number of nitrogens with zero attached hydrogens (tertiary/aromatic N) is 2. The van der Waals surface area contributed by atoms with Crippen molar-refractivity contribution in [2.24, 2.45) is 5.92 Å². The number of amides is 1. The summed E-state index contributed by atoms with van der Waals surface area (Å²) in [6, 6.07) is 10.1. The quantitative estimate of drug-likeness (QED) is 0.915. The van der Waals surface area contributed by atoms with Gasteiger partial charge in [-0.05, 0) is 61.9 Å². The van der Waals surface area contributed by atoms with E-state index in [1.54, 1.807) is 6.20 Å². The summed E-state index contributed by atoms with van der Waals surface area (Å²) < 4.78 is 0. The third-order valence-corrected chi connectivity index (χ3v) is 4.60. The van der Waals surface area contributed by atoms with Gasteiger partial charge in [0.25, 0.3) is 5.91 Å². The monoisotopic (exact) mass is 323 g/mol. The molecule has 3 rings (SSSR count). The fraction of sp³-hybridized carbons (Fsp3) is 0.400. The topological polar surface area (TPSA) is 45.2 Å². The molecular weight excluding hydrogens is 298 g/mol. The van der Waals surface area contributed by atoms with Crippen LogP contribution in [0.25, 0.3) is 0 Å². The Hall–Kier alpha value is -2.36. The normalized spacial score (nSPS) is 17.6. The zero-order valence-electron chi connectivity index (χ0n) is 14.7. The minimum atomic E-state index is 0.0415. The zero-order valence-corrected chi connectivity index (χ0v) is 14.7. The van der Waals surface area contributed by atoms with Gasteiger partial charge in [-0.1, -0.05) is 19.1 Å². The highest BCUT2D eigenvalue weighted by atomic mass is 16.2. The molecule has 4 nitrogen and oxygen atoms in total. The number of rotatable bonds is 3. The Labute approximate surface area is 143 Å². The molecule has 1 aromatic carbocycles. The Balaban J connectivity index is 1.71. The number of benzene rings is 1. The van der Waals surface area contributed by atoms with Gasteiger partial charge in [0.1, 0.15) is 5.69 Å². The first-order valence-corrected chi connectivity index (χ1v) is 8.62. The highest BCUT2D eigenvalue weighted by molar-refractivity contribution is 5.92. The molecule has 1 unspecified atom stereocenters. The van der Waals surface area contributed by atoms with Crippen molar-refractivity contribution in [3.8, 4) is 0 Å². The third-order valence-electron chi connectivity index (χ3n) is 4.60. The fourth-order valence-corrected chi connectivity index (χ4v) is 3.16. The van der Waals surface area contributed by atoms with E-state index in [9.17, 15) is 4.79 Å². The molecule has 0 aliphatic carbocycles. The van der Waals surface area contributed by atoms with Crippen molar-refractivity contribution >= 4 is 17.3 Å². The lowest BCUT2D eigenvalue weighted by Gasteiger charge is -2.30. The molecule has 1 atom stereocenters. The van der Waals surface area contributed by atoms with Crippen LogP contribution in [0.1, 0.15) is 41.4 Å². The molecule has 0 bridgehead atoms. The van der Waals surface area contributed by atoms with Crippen molar-refractivity contribution in [2.75, 3.05) is 18.4 Å². The molecule has 1 aliphatic rings. The molecule has 0 saturated carbocycles. The molecule has 2 aromatic rings. The van der Waals surface area contributed by atoms with Crippen LogP contribution in [0.15, 0.2) is 36.5 Å². The van der Waals surface area contributed by atoms with Gasteiger partial charge in [0.2, 0.25) is 0 Å². The Bertz CT molecular complexity index is 724. The van der Waals surface area contributed by atoms with Gasteiger partial charge in [0.15, 0.2) is 0 Å². The molecule has 24 heavy (non-hydrogen) atoms. The number of carbonyl (C=O) groups excluding carboxylic acids is 1. The third kappa shape index (κ3) is 3.75. The summed E-state index contributed by atoms with van der Waals surface area (Å²) in [5.41, 5.74) is 4.88. The van der Waals surface area contributed by atoms with E-state index in [0.29, 0.717) is 11.6 Å². The second kappa shape index (κ2) is 7.04. The maximum atomic E-state index is 12.6. The molecule has 4 heteroatoms. The first-order chi connectivity index (χ1) is 11.5. The van der Waals surface area contributed by atoms with Crippen LogP contribution in [-0.2, 0) is 0 Å². The van der Waals surface area contributed by atoms with Crippen molar-refractivity contribution in [3.05, 3.63) is 53.3 Å². The maximum Gasteiger partial charge on any atom is 0.272 e. The van der Waals surface area contributed by atoms with E-state index in [1.807, 2.05) is 17.0 Å². The highest BCUT2D eigenvalue weighted by Crippen LogP contribution is 2.22. The van der Waals surface area contributed by atoms with Gasteiger partial charge < -0.3 is 10.2 Å². The van der Waals surface area contributed by atoms with E-state index in [1.165, 1.54) is 17.5 Å². The summed E-state index contributed by atoms with van der Waals surface area (Å²) in [7, 11) is 0. The summed E-state index contributed by atoms with van der Waals surface area (Å²) >= 11 is 0. The van der Waals surface area contributed by atoms with Gasteiger partial charge in [-0.3, -0.25) is 4.79 Å². The molecule has 1 saturated heterocycles. The molecule has 1 aromatic heterocycles. The van der Waals surface area contributed by atoms with Gasteiger partial charge in [-0.25, -0.2) is 4.98 Å². The predicted octanol–water partition coefficient (Wildman–Crippen LogP) is 4.31. The van der Waals surface area contributed by atoms with Crippen molar-refractivity contribution in [3.63, 3.8) is 0 Å². The summed E-state index contributed by atoms with van der Waals surface area (Å²) in [6.07, 6.45) is 4.03. The second-order valence-electron chi connectivity index (χ2n) is 6.87. The lowest BCUT2D eigenvalue weighted by atomic mass is 10.00. The van der Waals surface area contributed by atoms with Gasteiger partial charge in [0, 0.05) is 18.8 Å². The van der Waals surface area contributed by atoms with Crippen LogP contribution in [0.5, 0.6) is 0 Å². The lowest BCUT2D eigenvalue weighted by Crippen LogP contribution is -2.39. The smallest absolute Gasteiger partial charge is 0.272 e. The highest BCUT2D eigenvalue weighted by Gasteiger charge is 2.22. The lowest BCUT2D eigenvalue weighted by molar-refractivity contribution is 0.0677. The van der Waals surface area contributed by atoms with Crippen molar-refractivity contribution in [2.45, 2.75) is 33.6 Å². The molecule has 1 amide bonds. The average molecular weight is 323 g/mol. The van der Waals surface area contributed by atoms with Gasteiger partial charge in [-0.2, -0.15) is 0 Å². The number of hydrogen-bond donors (Lipinski definition) is 1. The Morgan fingerprint density at radius 3 is 2.79 bits per heavy atom. The summed E-state index contributed by atoms with van der Waals surface area (Å²) in [6.45, 7) is 8.02. The summed E-state index contributed by atoms with van der Waals surface area (Å²) in [5.74, 6) is 0.618. The Morgan fingerprint density at radius 1 is 1.25 bits per heavy atom. The minimum Gasteiger partial charge on any atom is -0.354 e. The molecule has 1 N–H and O–H groups in total. The molecule has 1 fully saturated rings. The summed E-state index contributed by atoms with van der Waals surface area (Å²) in [4.78, 5) is 18.9. The van der Waals surface area contributed by atoms with Crippen LogP contribution in [0.3, 0.4) is 0 Å². The molecule has 2 heterocycles. The number of anilines is 2. The molecule has 0 radical (unpaired) electrons. The molecule has 0 spiro atoms. The van der Waals surface area contributed by atoms with Crippen LogP contribution >= 0.6 is 0 Å². The number of aryl methyl sites for hydroxylation is 2. The second-order valence-corrected chi connectivity index (χ2v) is 6.87. The SMILES string of the molecule is Cc1ccc(C)c(Nc2ccc(C(=O)N3CCCC(C)C3)nc2)c1. The van der Waals surface area contributed by atoms with Crippen LogP contribution in [-0.4, -0.2) is 28.9 Å². The van der Waals surface area contributed by atoms with Crippen molar-refractivity contribution in [1.29, 1.82) is 0 Å². The van der Waals surface area contributed by atoms with E-state index < -0.39 is 0 Å². The number of piperidine rings is 1. The number of likely N-dealkylation sites (tertiary alicyclic amines) is 1. The average Bonchev–Trinajstić information content (AvgIpc) is 2.58. The number of carbonyl (C=O) groups is 1. The first-order valence-electron chi connectivity index (χ1n) is 8.62. The van der Waals surface area contributed by atoms with E-state index >= 15 is 0 Å². The molecule has 126 valence electrons. The van der Waals surface area contributed by atoms with Gasteiger partial charge in [0.05, 0.1) is 11.9 Å². The van der Waals surface area contributed by atoms with E-state index in [0.717, 1.165) is 30.9 Å². The number of pyridine rings is 1. The fourth-order valence-electron chi connectivity index (χ4n) is 3.16. The molecule has 1 aliphatic heterocycles. The summed E-state index contributed by atoms with van der Waals surface area (Å²) in [5, 5.41) is 3.38. The Kier molecular flexibility index (Phi) is 4.84. The Morgan fingerprint density at radius 2 is 2.08 bits per heavy atom. The molecular formula is C20H25N3O. The zero-order chi connectivity index (χ0) is 17.1. The predicted molar refractivity (Wildman–Crippen MR) is 97.7 cm³/mol. The van der Waals surface area contributed by atoms with Crippen LogP contribution < -0.4 is 5.32 Å². The van der Waals surface area contributed by atoms with Crippen LogP contribution in [0.2, 0.25) is 0 Å². The van der Waals surface area contributed by atoms with Crippen LogP contribution in [0.4, 0.5) is 11.4 Å². The van der Waals surface area contributed by atoms with Gasteiger partial charge >= 0.3 is 0 Å². The number of aromatic nitrogens is 1. The van der Waals surface area contributed by atoms with Gasteiger partial charge in [-0.15, -0.1) is 0 Å². The standard InChI is InChI=1S/C20H25N3O/c1-14-6-7-16(3)19(11-14)22-17-8-9-18(21-12-17)20(24)23-10-4-5-15(2)13-23/h6-9,11-12,15,22H,4-5,10,13H2,1-3H3. The minimum absolute atomic E-state index is 0.0415. The van der Waals surface area contributed by atoms with E-state index in [-0.39, 0.29) is 5.91 Å². The van der Waals surface area contributed by atoms with E-state index in [4.69, 9.17) is 0 Å². The van der Waals surface area contributed by atoms with Crippen molar-refractivity contribution in [1.82, 2.24) is 9.88 Å². The maximum absolute atomic E-state index is 12.6. The largest absolute Gasteiger partial charge is 0.354 e. The van der Waals surface area contributed by atoms with Crippen LogP contribution in [0, 0.1) is 19.8 Å². The number of hydrogen-bond acceptors (Lipinski definition) is 3. The van der Waals surface area contributed by atoms with Crippen molar-refractivity contribution < 1.29 is 4.79 Å². The number of nitrogens with one attached hydrogen (secondary N) is 1.